The van der Waals surface area contributed by atoms with E-state index >= 15 is 0 Å². The van der Waals surface area contributed by atoms with Gasteiger partial charge in [-0.25, -0.2) is 4.99 Å². The fourth-order valence-corrected chi connectivity index (χ4v) is 3.01. The van der Waals surface area contributed by atoms with Gasteiger partial charge < -0.3 is 24.6 Å². The molecule has 2 aliphatic rings. The summed E-state index contributed by atoms with van der Waals surface area (Å²) in [6.07, 6.45) is 3.56. The molecule has 2 rings (SSSR count). The van der Waals surface area contributed by atoms with Crippen LogP contribution in [-0.4, -0.2) is 87.9 Å². The van der Waals surface area contributed by atoms with Crippen molar-refractivity contribution in [2.24, 2.45) is 10.9 Å². The molecule has 0 aliphatic carbocycles. The minimum absolute atomic E-state index is 0. The number of carbonyl (C=O) groups excluding carboxylic acids is 1. The molecular weight excluding hydrogens is 435 g/mol. The van der Waals surface area contributed by atoms with Gasteiger partial charge in [-0.2, -0.15) is 0 Å². The molecule has 0 radical (unpaired) electrons. The largest absolute Gasteiger partial charge is 0.381 e. The summed E-state index contributed by atoms with van der Waals surface area (Å²) in [5, 5.41) is 3.41. The van der Waals surface area contributed by atoms with E-state index in [1.54, 1.807) is 19.0 Å². The van der Waals surface area contributed by atoms with Gasteiger partial charge in [-0.3, -0.25) is 4.79 Å². The first kappa shape index (κ1) is 22.4. The van der Waals surface area contributed by atoms with E-state index in [2.05, 4.69) is 15.2 Å². The molecule has 0 aromatic heterocycles. The van der Waals surface area contributed by atoms with Crippen LogP contribution in [0, 0.1) is 5.92 Å². The number of ether oxygens (including phenoxy) is 2. The lowest BCUT2D eigenvalue weighted by Crippen LogP contribution is -2.44. The van der Waals surface area contributed by atoms with Gasteiger partial charge >= 0.3 is 0 Å². The first-order valence-electron chi connectivity index (χ1n) is 9.03. The first-order valence-corrected chi connectivity index (χ1v) is 9.03. The van der Waals surface area contributed by atoms with Gasteiger partial charge in [-0.05, 0) is 26.2 Å². The van der Waals surface area contributed by atoms with Crippen molar-refractivity contribution >= 4 is 35.8 Å². The van der Waals surface area contributed by atoms with Crippen molar-refractivity contribution in [3.8, 4) is 0 Å². The third-order valence-corrected chi connectivity index (χ3v) is 4.52. The molecule has 2 unspecified atom stereocenters. The fraction of sp³-hybridized carbons (Fsp3) is 0.882. The van der Waals surface area contributed by atoms with Crippen molar-refractivity contribution in [3.63, 3.8) is 0 Å². The average molecular weight is 468 g/mol. The van der Waals surface area contributed by atoms with Crippen LogP contribution in [0.4, 0.5) is 0 Å². The highest BCUT2D eigenvalue weighted by Crippen LogP contribution is 2.17. The van der Waals surface area contributed by atoms with Crippen LogP contribution in [-0.2, 0) is 14.3 Å². The smallest absolute Gasteiger partial charge is 0.243 e. The zero-order chi connectivity index (χ0) is 17.4. The molecule has 0 aromatic rings. The van der Waals surface area contributed by atoms with Crippen LogP contribution in [0.1, 0.15) is 26.2 Å². The van der Waals surface area contributed by atoms with Crippen molar-refractivity contribution in [1.29, 1.82) is 0 Å². The first-order chi connectivity index (χ1) is 11.6. The summed E-state index contributed by atoms with van der Waals surface area (Å²) >= 11 is 0. The summed E-state index contributed by atoms with van der Waals surface area (Å²) in [4.78, 5) is 20.2. The Labute approximate surface area is 168 Å². The van der Waals surface area contributed by atoms with E-state index in [4.69, 9.17) is 9.47 Å². The lowest BCUT2D eigenvalue weighted by Gasteiger charge is -2.23. The lowest BCUT2D eigenvalue weighted by atomic mass is 10.1. The van der Waals surface area contributed by atoms with Crippen molar-refractivity contribution in [3.05, 3.63) is 0 Å². The number of halogens is 1. The van der Waals surface area contributed by atoms with E-state index in [-0.39, 0.29) is 42.5 Å². The number of carbonyl (C=O) groups is 1. The normalized spacial score (nSPS) is 23.5. The molecule has 2 atom stereocenters. The Morgan fingerprint density at radius 2 is 2.20 bits per heavy atom. The van der Waals surface area contributed by atoms with Crippen LogP contribution >= 0.6 is 24.0 Å². The van der Waals surface area contributed by atoms with Crippen LogP contribution in [0.5, 0.6) is 0 Å². The van der Waals surface area contributed by atoms with Gasteiger partial charge in [-0.1, -0.05) is 0 Å². The third-order valence-electron chi connectivity index (χ3n) is 4.52. The van der Waals surface area contributed by atoms with Gasteiger partial charge in [0.1, 0.15) is 6.54 Å². The number of rotatable bonds is 7. The quantitative estimate of drug-likeness (QED) is 0.346. The Kier molecular flexibility index (Phi) is 10.7. The average Bonchev–Trinajstić information content (AvgIpc) is 3.24. The lowest BCUT2D eigenvalue weighted by molar-refractivity contribution is -0.127. The number of hydrogen-bond donors (Lipinski definition) is 1. The molecule has 1 amide bonds. The molecule has 8 heteroatoms. The highest BCUT2D eigenvalue weighted by molar-refractivity contribution is 14.0. The summed E-state index contributed by atoms with van der Waals surface area (Å²) in [6, 6.07) is 0. The molecule has 7 nitrogen and oxygen atoms in total. The zero-order valence-corrected chi connectivity index (χ0v) is 18.0. The Morgan fingerprint density at radius 1 is 1.40 bits per heavy atom. The van der Waals surface area contributed by atoms with Crippen molar-refractivity contribution in [2.45, 2.75) is 32.3 Å². The molecule has 2 heterocycles. The van der Waals surface area contributed by atoms with E-state index in [0.717, 1.165) is 64.7 Å². The van der Waals surface area contributed by atoms with E-state index in [1.165, 1.54) is 0 Å². The Balaban J connectivity index is 0.00000312. The Bertz CT molecular complexity index is 428. The molecule has 2 fully saturated rings. The number of hydrogen-bond acceptors (Lipinski definition) is 4. The van der Waals surface area contributed by atoms with Crippen molar-refractivity contribution in [2.75, 3.05) is 60.1 Å². The van der Waals surface area contributed by atoms with Gasteiger partial charge in [0.15, 0.2) is 5.96 Å². The summed E-state index contributed by atoms with van der Waals surface area (Å²) in [5.74, 6) is 1.36. The SMILES string of the molecule is CCOCC1CCN(C(=NCC(=O)N(C)C)NCC2CCCO2)C1.I. The maximum absolute atomic E-state index is 11.9. The maximum atomic E-state index is 11.9. The molecule has 0 bridgehead atoms. The number of amides is 1. The maximum Gasteiger partial charge on any atom is 0.243 e. The van der Waals surface area contributed by atoms with E-state index in [9.17, 15) is 4.79 Å². The Morgan fingerprint density at radius 3 is 2.84 bits per heavy atom. The monoisotopic (exact) mass is 468 g/mol. The fourth-order valence-electron chi connectivity index (χ4n) is 3.01. The predicted molar refractivity (Wildman–Crippen MR) is 110 cm³/mol. The topological polar surface area (TPSA) is 66.4 Å². The van der Waals surface area contributed by atoms with Crippen LogP contribution in [0.25, 0.3) is 0 Å². The molecular formula is C17H33IN4O3. The second-order valence-corrected chi connectivity index (χ2v) is 6.70. The number of aliphatic imine (C=N–C) groups is 1. The van der Waals surface area contributed by atoms with E-state index in [0.29, 0.717) is 5.92 Å². The summed E-state index contributed by atoms with van der Waals surface area (Å²) in [6.45, 7) is 7.22. The van der Waals surface area contributed by atoms with Crippen LogP contribution < -0.4 is 5.32 Å². The number of nitrogens with zero attached hydrogens (tertiary/aromatic N) is 3. The minimum atomic E-state index is 0. The van der Waals surface area contributed by atoms with Crippen molar-refractivity contribution in [1.82, 2.24) is 15.1 Å². The highest BCUT2D eigenvalue weighted by atomic mass is 127. The molecule has 0 saturated carbocycles. The second kappa shape index (κ2) is 11.9. The highest BCUT2D eigenvalue weighted by Gasteiger charge is 2.26. The number of nitrogens with one attached hydrogen (secondary N) is 1. The standard InChI is InChI=1S/C17H32N4O3.HI/c1-4-23-13-14-7-8-21(12-14)17(19-11-16(22)20(2)3)18-10-15-6-5-9-24-15;/h14-15H,4-13H2,1-3H3,(H,18,19);1H. The summed E-state index contributed by atoms with van der Waals surface area (Å²) < 4.78 is 11.2. The van der Waals surface area contributed by atoms with Gasteiger partial charge in [0.05, 0.1) is 12.7 Å². The summed E-state index contributed by atoms with van der Waals surface area (Å²) in [7, 11) is 3.51. The van der Waals surface area contributed by atoms with Crippen molar-refractivity contribution < 1.29 is 14.3 Å². The molecule has 2 saturated heterocycles. The number of likely N-dealkylation sites (N-methyl/N-ethyl adjacent to an activating group) is 1. The van der Waals surface area contributed by atoms with Crippen LogP contribution in [0.2, 0.25) is 0 Å². The molecule has 0 aromatic carbocycles. The number of guanidine groups is 1. The molecule has 25 heavy (non-hydrogen) atoms. The molecule has 1 N–H and O–H groups in total. The molecule has 2 aliphatic heterocycles. The predicted octanol–water partition coefficient (Wildman–Crippen LogP) is 1.18. The molecule has 146 valence electrons. The van der Waals surface area contributed by atoms with Crippen LogP contribution in [0.15, 0.2) is 4.99 Å². The van der Waals surface area contributed by atoms with Gasteiger partial charge in [0, 0.05) is 52.9 Å². The van der Waals surface area contributed by atoms with Gasteiger partial charge in [-0.15, -0.1) is 24.0 Å². The number of likely N-dealkylation sites (tertiary alicyclic amines) is 1. The van der Waals surface area contributed by atoms with Gasteiger partial charge in [0.25, 0.3) is 0 Å². The molecule has 0 spiro atoms. The zero-order valence-electron chi connectivity index (χ0n) is 15.7. The minimum Gasteiger partial charge on any atom is -0.381 e. The van der Waals surface area contributed by atoms with E-state index < -0.39 is 0 Å². The Hall–Kier alpha value is -0.610. The third kappa shape index (κ3) is 7.65. The van der Waals surface area contributed by atoms with E-state index in [1.807, 2.05) is 6.92 Å². The second-order valence-electron chi connectivity index (χ2n) is 6.70. The van der Waals surface area contributed by atoms with Gasteiger partial charge in [0.2, 0.25) is 5.91 Å². The van der Waals surface area contributed by atoms with Crippen LogP contribution in [0.3, 0.4) is 0 Å². The summed E-state index contributed by atoms with van der Waals surface area (Å²) in [5.41, 5.74) is 0.